The molecule has 0 aliphatic heterocycles. The van der Waals surface area contributed by atoms with E-state index in [1.165, 1.54) is 6.07 Å². The van der Waals surface area contributed by atoms with Crippen LogP contribution in [0, 0.1) is 6.92 Å². The standard InChI is InChI=1S/C12H16O4/c1-8-9(11(13)14)6-5-7-10(8)15-16-12(2,3)4/h5-7H,1-4H3,(H,13,14). The lowest BCUT2D eigenvalue weighted by molar-refractivity contribution is -0.274. The molecular weight excluding hydrogens is 208 g/mol. The summed E-state index contributed by atoms with van der Waals surface area (Å²) in [5, 5.41) is 8.92. The summed E-state index contributed by atoms with van der Waals surface area (Å²) in [5.41, 5.74) is 0.334. The van der Waals surface area contributed by atoms with Gasteiger partial charge < -0.3 is 9.99 Å². The largest absolute Gasteiger partial charge is 0.478 e. The van der Waals surface area contributed by atoms with Gasteiger partial charge in [-0.25, -0.2) is 4.79 Å². The summed E-state index contributed by atoms with van der Waals surface area (Å²) in [6.07, 6.45) is 0. The molecule has 0 atom stereocenters. The van der Waals surface area contributed by atoms with Gasteiger partial charge in [0.1, 0.15) is 5.60 Å². The van der Waals surface area contributed by atoms with Gasteiger partial charge in [-0.15, -0.1) is 0 Å². The molecular formula is C12H16O4. The van der Waals surface area contributed by atoms with Gasteiger partial charge in [0.2, 0.25) is 0 Å². The van der Waals surface area contributed by atoms with Crippen LogP contribution in [0.5, 0.6) is 5.75 Å². The molecule has 0 aliphatic carbocycles. The summed E-state index contributed by atoms with van der Waals surface area (Å²) in [4.78, 5) is 21.1. The van der Waals surface area contributed by atoms with Gasteiger partial charge in [0.05, 0.1) is 5.56 Å². The van der Waals surface area contributed by atoms with Crippen molar-refractivity contribution in [3.05, 3.63) is 29.3 Å². The number of rotatable bonds is 3. The fourth-order valence-electron chi connectivity index (χ4n) is 1.11. The first kappa shape index (κ1) is 12.5. The maximum atomic E-state index is 10.9. The third-order valence-electron chi connectivity index (χ3n) is 1.90. The maximum Gasteiger partial charge on any atom is 0.336 e. The highest BCUT2D eigenvalue weighted by Crippen LogP contribution is 2.23. The molecule has 1 aromatic carbocycles. The summed E-state index contributed by atoms with van der Waals surface area (Å²) in [6, 6.07) is 4.83. The van der Waals surface area contributed by atoms with E-state index >= 15 is 0 Å². The third kappa shape index (κ3) is 3.24. The zero-order chi connectivity index (χ0) is 12.3. The van der Waals surface area contributed by atoms with Crippen molar-refractivity contribution >= 4 is 5.97 Å². The molecule has 0 fully saturated rings. The van der Waals surface area contributed by atoms with Crippen molar-refractivity contribution in [2.24, 2.45) is 0 Å². The minimum Gasteiger partial charge on any atom is -0.478 e. The molecule has 0 heterocycles. The van der Waals surface area contributed by atoms with Crippen LogP contribution in [0.25, 0.3) is 0 Å². The highest BCUT2D eigenvalue weighted by molar-refractivity contribution is 5.90. The van der Waals surface area contributed by atoms with Crippen LogP contribution in [-0.2, 0) is 4.89 Å². The zero-order valence-corrected chi connectivity index (χ0v) is 9.90. The lowest BCUT2D eigenvalue weighted by atomic mass is 10.1. The van der Waals surface area contributed by atoms with Gasteiger partial charge in [-0.3, -0.25) is 0 Å². The molecule has 1 aromatic rings. The number of carbonyl (C=O) groups is 1. The second-order valence-electron chi connectivity index (χ2n) is 4.51. The Kier molecular flexibility index (Phi) is 3.55. The van der Waals surface area contributed by atoms with Gasteiger partial charge in [-0.2, -0.15) is 4.89 Å². The fraction of sp³-hybridized carbons (Fsp3) is 0.417. The van der Waals surface area contributed by atoms with Crippen molar-refractivity contribution in [1.29, 1.82) is 0 Å². The molecule has 4 nitrogen and oxygen atoms in total. The van der Waals surface area contributed by atoms with Gasteiger partial charge in [0.15, 0.2) is 5.75 Å². The first-order valence-corrected chi connectivity index (χ1v) is 5.00. The van der Waals surface area contributed by atoms with Crippen LogP contribution in [0.2, 0.25) is 0 Å². The van der Waals surface area contributed by atoms with E-state index in [0.29, 0.717) is 11.3 Å². The van der Waals surface area contributed by atoms with Crippen molar-refractivity contribution in [2.45, 2.75) is 33.3 Å². The molecule has 4 heteroatoms. The highest BCUT2D eigenvalue weighted by Gasteiger charge is 2.16. The highest BCUT2D eigenvalue weighted by atomic mass is 17.2. The number of benzene rings is 1. The van der Waals surface area contributed by atoms with Crippen LogP contribution in [0.1, 0.15) is 36.7 Å². The topological polar surface area (TPSA) is 55.8 Å². The summed E-state index contributed by atoms with van der Waals surface area (Å²) in [6.45, 7) is 7.24. The van der Waals surface area contributed by atoms with Crippen LogP contribution in [0.4, 0.5) is 0 Å². The Labute approximate surface area is 94.7 Å². The Morgan fingerprint density at radius 2 is 1.94 bits per heavy atom. The van der Waals surface area contributed by atoms with E-state index < -0.39 is 11.6 Å². The second-order valence-corrected chi connectivity index (χ2v) is 4.51. The molecule has 0 bridgehead atoms. The van der Waals surface area contributed by atoms with Crippen LogP contribution >= 0.6 is 0 Å². The Morgan fingerprint density at radius 1 is 1.31 bits per heavy atom. The van der Waals surface area contributed by atoms with E-state index in [9.17, 15) is 4.79 Å². The van der Waals surface area contributed by atoms with E-state index in [4.69, 9.17) is 14.9 Å². The number of carboxylic acid groups (broad SMARTS) is 1. The SMILES string of the molecule is Cc1c(OOC(C)(C)C)cccc1C(=O)O. The summed E-state index contributed by atoms with van der Waals surface area (Å²) < 4.78 is 0. The fourth-order valence-corrected chi connectivity index (χ4v) is 1.11. The average Bonchev–Trinajstić information content (AvgIpc) is 2.14. The first-order valence-electron chi connectivity index (χ1n) is 5.00. The molecule has 0 spiro atoms. The van der Waals surface area contributed by atoms with Crippen LogP contribution in [0.3, 0.4) is 0 Å². The lowest BCUT2D eigenvalue weighted by Gasteiger charge is -2.18. The van der Waals surface area contributed by atoms with E-state index in [-0.39, 0.29) is 5.56 Å². The molecule has 0 radical (unpaired) electrons. The smallest absolute Gasteiger partial charge is 0.336 e. The van der Waals surface area contributed by atoms with Crippen molar-refractivity contribution in [1.82, 2.24) is 0 Å². The van der Waals surface area contributed by atoms with E-state index in [2.05, 4.69) is 0 Å². The van der Waals surface area contributed by atoms with Gasteiger partial charge in [-0.05, 0) is 39.8 Å². The van der Waals surface area contributed by atoms with Crippen molar-refractivity contribution in [3.63, 3.8) is 0 Å². The number of hydrogen-bond donors (Lipinski definition) is 1. The van der Waals surface area contributed by atoms with Crippen LogP contribution in [-0.4, -0.2) is 16.7 Å². The van der Waals surface area contributed by atoms with Gasteiger partial charge in [0.25, 0.3) is 0 Å². The summed E-state index contributed by atoms with van der Waals surface area (Å²) in [5.74, 6) is -0.548. The minimum absolute atomic E-state index is 0.218. The monoisotopic (exact) mass is 224 g/mol. The lowest BCUT2D eigenvalue weighted by Crippen LogP contribution is -2.21. The zero-order valence-electron chi connectivity index (χ0n) is 9.90. The molecule has 0 saturated heterocycles. The molecule has 16 heavy (non-hydrogen) atoms. The van der Waals surface area contributed by atoms with Gasteiger partial charge >= 0.3 is 5.97 Å². The number of aromatic carboxylic acids is 1. The predicted molar refractivity (Wildman–Crippen MR) is 59.6 cm³/mol. The third-order valence-corrected chi connectivity index (χ3v) is 1.90. The van der Waals surface area contributed by atoms with Gasteiger partial charge in [-0.1, -0.05) is 6.07 Å². The Balaban J connectivity index is 2.90. The van der Waals surface area contributed by atoms with Crippen molar-refractivity contribution in [3.8, 4) is 5.75 Å². The predicted octanol–water partition coefficient (Wildman–Crippen LogP) is 2.80. The van der Waals surface area contributed by atoms with Crippen LogP contribution < -0.4 is 4.89 Å². The minimum atomic E-state index is -0.973. The molecule has 0 aliphatic rings. The molecule has 0 unspecified atom stereocenters. The van der Waals surface area contributed by atoms with Crippen LogP contribution in [0.15, 0.2) is 18.2 Å². The van der Waals surface area contributed by atoms with E-state index in [1.807, 2.05) is 20.8 Å². The number of hydrogen-bond acceptors (Lipinski definition) is 3. The Morgan fingerprint density at radius 3 is 2.44 bits per heavy atom. The molecule has 1 rings (SSSR count). The number of carboxylic acids is 1. The molecule has 0 aromatic heterocycles. The normalized spacial score (nSPS) is 11.2. The molecule has 0 amide bonds. The van der Waals surface area contributed by atoms with E-state index in [1.54, 1.807) is 19.1 Å². The van der Waals surface area contributed by atoms with Crippen molar-refractivity contribution in [2.75, 3.05) is 0 Å². The summed E-state index contributed by atoms with van der Waals surface area (Å²) in [7, 11) is 0. The Hall–Kier alpha value is -1.55. The average molecular weight is 224 g/mol. The second kappa shape index (κ2) is 4.53. The molecule has 88 valence electrons. The van der Waals surface area contributed by atoms with Gasteiger partial charge in [0, 0.05) is 5.56 Å². The van der Waals surface area contributed by atoms with Crippen molar-refractivity contribution < 1.29 is 19.7 Å². The summed E-state index contributed by atoms with van der Waals surface area (Å²) >= 11 is 0. The molecule has 1 N–H and O–H groups in total. The maximum absolute atomic E-state index is 10.9. The Bertz CT molecular complexity index is 390. The first-order chi connectivity index (χ1) is 7.31. The quantitative estimate of drug-likeness (QED) is 0.633. The molecule has 0 saturated carbocycles. The van der Waals surface area contributed by atoms with E-state index in [0.717, 1.165) is 0 Å².